The number of benzene rings is 1. The topological polar surface area (TPSA) is 93.9 Å². The van der Waals surface area contributed by atoms with E-state index in [1.807, 2.05) is 0 Å². The molecule has 26 heavy (non-hydrogen) atoms. The molecule has 2 rings (SSSR count). The zero-order valence-electron chi connectivity index (χ0n) is 15.4. The molecule has 0 aliphatic carbocycles. The lowest BCUT2D eigenvalue weighted by Gasteiger charge is -2.35. The van der Waals surface area contributed by atoms with Gasteiger partial charge in [-0.15, -0.1) is 0 Å². The van der Waals surface area contributed by atoms with Gasteiger partial charge in [-0.05, 0) is 17.5 Å². The molecule has 1 aromatic carbocycles. The minimum atomic E-state index is -0.374. The predicted octanol–water partition coefficient (Wildman–Crippen LogP) is 0.806. The highest BCUT2D eigenvalue weighted by atomic mass is 16.5. The van der Waals surface area contributed by atoms with E-state index in [0.29, 0.717) is 39.2 Å². The third-order valence-corrected chi connectivity index (χ3v) is 4.43. The van der Waals surface area contributed by atoms with Gasteiger partial charge in [0, 0.05) is 39.6 Å². The number of methoxy groups -OCH3 is 1. The molecule has 1 aliphatic heterocycles. The van der Waals surface area contributed by atoms with Gasteiger partial charge in [-0.3, -0.25) is 14.5 Å². The largest absolute Gasteiger partial charge is 0.380 e. The van der Waals surface area contributed by atoms with Crippen LogP contribution in [0.4, 0.5) is 0 Å². The third-order valence-electron chi connectivity index (χ3n) is 4.43. The summed E-state index contributed by atoms with van der Waals surface area (Å²) in [6.45, 7) is 4.11. The number of carbonyl (C=O) groups is 2. The number of amides is 2. The second-order valence-corrected chi connectivity index (χ2v) is 6.57. The second kappa shape index (κ2) is 10.9. The molecule has 1 saturated heterocycles. The average molecular weight is 363 g/mol. The van der Waals surface area contributed by atoms with Crippen LogP contribution in [0.5, 0.6) is 0 Å². The Labute approximate surface area is 154 Å². The van der Waals surface area contributed by atoms with Crippen molar-refractivity contribution < 1.29 is 19.1 Å². The Bertz CT molecular complexity index is 577. The highest BCUT2D eigenvalue weighted by molar-refractivity contribution is 5.77. The van der Waals surface area contributed by atoms with E-state index in [2.05, 4.69) is 34.5 Å². The number of nitrogens with zero attached hydrogens (tertiary/aromatic N) is 1. The minimum Gasteiger partial charge on any atom is -0.380 e. The van der Waals surface area contributed by atoms with Gasteiger partial charge in [0.2, 0.25) is 11.8 Å². The molecule has 7 heteroatoms. The second-order valence-electron chi connectivity index (χ2n) is 6.57. The fourth-order valence-electron chi connectivity index (χ4n) is 2.97. The van der Waals surface area contributed by atoms with Crippen molar-refractivity contribution in [2.45, 2.75) is 38.5 Å². The zero-order valence-corrected chi connectivity index (χ0v) is 15.4. The summed E-state index contributed by atoms with van der Waals surface area (Å²) in [5.41, 5.74) is 7.46. The molecule has 0 spiro atoms. The maximum Gasteiger partial charge on any atom is 0.220 e. The first-order valence-corrected chi connectivity index (χ1v) is 9.02. The molecule has 1 fully saturated rings. The van der Waals surface area contributed by atoms with Crippen LogP contribution in [0.3, 0.4) is 0 Å². The standard InChI is InChI=1S/C19H29N3O4/c1-25-13-16-7-5-15(6-8-16)12-22-9-10-26-14-17(22)11-21-19(24)4-2-3-18(20)23/h5-8,17H,2-4,9-14H2,1H3,(H2,20,23)(H,21,24). The lowest BCUT2D eigenvalue weighted by molar-refractivity contribution is -0.122. The molecule has 1 aromatic rings. The predicted molar refractivity (Wildman–Crippen MR) is 98.2 cm³/mol. The Morgan fingerprint density at radius 3 is 2.69 bits per heavy atom. The molecule has 2 amide bonds. The summed E-state index contributed by atoms with van der Waals surface area (Å²) in [7, 11) is 1.69. The van der Waals surface area contributed by atoms with Crippen molar-refractivity contribution in [3.63, 3.8) is 0 Å². The van der Waals surface area contributed by atoms with Crippen LogP contribution in [-0.2, 0) is 32.2 Å². The SMILES string of the molecule is COCc1ccc(CN2CCOCC2CNC(=O)CCCC(N)=O)cc1. The van der Waals surface area contributed by atoms with Gasteiger partial charge in [0.15, 0.2) is 0 Å². The molecule has 1 aliphatic rings. The van der Waals surface area contributed by atoms with Gasteiger partial charge < -0.3 is 20.5 Å². The van der Waals surface area contributed by atoms with Crippen molar-refractivity contribution in [3.05, 3.63) is 35.4 Å². The summed E-state index contributed by atoms with van der Waals surface area (Å²) in [6.07, 6.45) is 1.04. The molecule has 0 radical (unpaired) electrons. The van der Waals surface area contributed by atoms with E-state index in [1.165, 1.54) is 5.56 Å². The van der Waals surface area contributed by atoms with Crippen LogP contribution in [0.1, 0.15) is 30.4 Å². The number of rotatable bonds is 10. The van der Waals surface area contributed by atoms with Crippen LogP contribution in [0.15, 0.2) is 24.3 Å². The van der Waals surface area contributed by atoms with Gasteiger partial charge in [-0.1, -0.05) is 24.3 Å². The van der Waals surface area contributed by atoms with Gasteiger partial charge in [-0.25, -0.2) is 0 Å². The first-order valence-electron chi connectivity index (χ1n) is 9.02. The smallest absolute Gasteiger partial charge is 0.220 e. The Hall–Kier alpha value is -1.96. The molecule has 7 nitrogen and oxygen atoms in total. The average Bonchev–Trinajstić information content (AvgIpc) is 2.62. The molecule has 0 saturated carbocycles. The molecule has 1 unspecified atom stereocenters. The lowest BCUT2D eigenvalue weighted by Crippen LogP contribution is -2.50. The van der Waals surface area contributed by atoms with E-state index < -0.39 is 0 Å². The Balaban J connectivity index is 1.80. The number of carbonyl (C=O) groups excluding carboxylic acids is 2. The number of primary amides is 1. The summed E-state index contributed by atoms with van der Waals surface area (Å²) in [4.78, 5) is 24.9. The Morgan fingerprint density at radius 2 is 2.00 bits per heavy atom. The monoisotopic (exact) mass is 363 g/mol. The van der Waals surface area contributed by atoms with Crippen molar-refractivity contribution in [1.82, 2.24) is 10.2 Å². The van der Waals surface area contributed by atoms with Gasteiger partial charge in [-0.2, -0.15) is 0 Å². The van der Waals surface area contributed by atoms with Crippen LogP contribution in [0, 0.1) is 0 Å². The van der Waals surface area contributed by atoms with Crippen LogP contribution < -0.4 is 11.1 Å². The van der Waals surface area contributed by atoms with Gasteiger partial charge >= 0.3 is 0 Å². The molecule has 0 aromatic heterocycles. The number of hydrogen-bond acceptors (Lipinski definition) is 5. The molecule has 3 N–H and O–H groups in total. The quantitative estimate of drug-likeness (QED) is 0.641. The van der Waals surface area contributed by atoms with Crippen molar-refractivity contribution in [3.8, 4) is 0 Å². The van der Waals surface area contributed by atoms with E-state index >= 15 is 0 Å². The normalized spacial score (nSPS) is 17.8. The number of hydrogen-bond donors (Lipinski definition) is 2. The van der Waals surface area contributed by atoms with Crippen molar-refractivity contribution in [1.29, 1.82) is 0 Å². The summed E-state index contributed by atoms with van der Waals surface area (Å²) in [5.74, 6) is -0.429. The molecule has 1 atom stereocenters. The maximum atomic E-state index is 11.9. The van der Waals surface area contributed by atoms with Crippen LogP contribution in [0.25, 0.3) is 0 Å². The van der Waals surface area contributed by atoms with Crippen molar-refractivity contribution in [2.75, 3.05) is 33.4 Å². The number of nitrogens with two attached hydrogens (primary N) is 1. The molecule has 1 heterocycles. The number of ether oxygens (including phenoxy) is 2. The van der Waals surface area contributed by atoms with Gasteiger partial charge in [0.05, 0.1) is 25.9 Å². The molecular weight excluding hydrogens is 334 g/mol. The van der Waals surface area contributed by atoms with Gasteiger partial charge in [0.1, 0.15) is 0 Å². The maximum absolute atomic E-state index is 11.9. The summed E-state index contributed by atoms with van der Waals surface area (Å²) in [6, 6.07) is 8.53. The Morgan fingerprint density at radius 1 is 1.27 bits per heavy atom. The van der Waals surface area contributed by atoms with Gasteiger partial charge in [0.25, 0.3) is 0 Å². The summed E-state index contributed by atoms with van der Waals surface area (Å²) < 4.78 is 10.7. The fraction of sp³-hybridized carbons (Fsp3) is 0.579. The van der Waals surface area contributed by atoms with E-state index in [-0.39, 0.29) is 24.3 Å². The molecular formula is C19H29N3O4. The number of morpholine rings is 1. The molecule has 0 bridgehead atoms. The first kappa shape index (κ1) is 20.4. The zero-order chi connectivity index (χ0) is 18.8. The first-order chi connectivity index (χ1) is 12.6. The minimum absolute atomic E-state index is 0.0549. The highest BCUT2D eigenvalue weighted by Crippen LogP contribution is 2.13. The van der Waals surface area contributed by atoms with E-state index in [1.54, 1.807) is 7.11 Å². The third kappa shape index (κ3) is 7.11. The number of nitrogens with one attached hydrogen (secondary N) is 1. The van der Waals surface area contributed by atoms with Crippen molar-refractivity contribution in [2.24, 2.45) is 5.73 Å². The van der Waals surface area contributed by atoms with E-state index in [9.17, 15) is 9.59 Å². The van der Waals surface area contributed by atoms with E-state index in [0.717, 1.165) is 18.7 Å². The summed E-state index contributed by atoms with van der Waals surface area (Å²) in [5, 5.41) is 2.94. The molecule has 144 valence electrons. The summed E-state index contributed by atoms with van der Waals surface area (Å²) >= 11 is 0. The fourth-order valence-corrected chi connectivity index (χ4v) is 2.97. The lowest BCUT2D eigenvalue weighted by atomic mass is 10.1. The Kier molecular flexibility index (Phi) is 8.53. The van der Waals surface area contributed by atoms with Crippen LogP contribution in [-0.4, -0.2) is 56.2 Å². The van der Waals surface area contributed by atoms with Crippen molar-refractivity contribution >= 4 is 11.8 Å². The van der Waals surface area contributed by atoms with Crippen LogP contribution in [0.2, 0.25) is 0 Å². The highest BCUT2D eigenvalue weighted by Gasteiger charge is 2.23. The van der Waals surface area contributed by atoms with E-state index in [4.69, 9.17) is 15.2 Å². The van der Waals surface area contributed by atoms with Crippen LogP contribution >= 0.6 is 0 Å².